The maximum absolute atomic E-state index is 12.5. The third kappa shape index (κ3) is 4.12. The van der Waals surface area contributed by atoms with E-state index in [0.29, 0.717) is 42.2 Å². The van der Waals surface area contributed by atoms with Crippen LogP contribution in [0, 0.1) is 5.92 Å². The van der Waals surface area contributed by atoms with Gasteiger partial charge in [0.25, 0.3) is 11.8 Å². The Hall–Kier alpha value is -2.08. The van der Waals surface area contributed by atoms with Gasteiger partial charge >= 0.3 is 0 Å². The first-order valence-electron chi connectivity index (χ1n) is 9.06. The molecule has 1 heterocycles. The van der Waals surface area contributed by atoms with Gasteiger partial charge in [0.05, 0.1) is 24.0 Å². The second kappa shape index (κ2) is 7.87. The van der Waals surface area contributed by atoms with Gasteiger partial charge in [-0.1, -0.05) is 25.8 Å². The van der Waals surface area contributed by atoms with E-state index in [-0.39, 0.29) is 11.8 Å². The summed E-state index contributed by atoms with van der Waals surface area (Å²) in [5, 5.41) is 5.62. The zero-order chi connectivity index (χ0) is 17.8. The van der Waals surface area contributed by atoms with Gasteiger partial charge in [0.2, 0.25) is 0 Å². The van der Waals surface area contributed by atoms with Gasteiger partial charge < -0.3 is 20.1 Å². The molecule has 1 fully saturated rings. The Labute approximate surface area is 148 Å². The van der Waals surface area contributed by atoms with E-state index in [1.165, 1.54) is 19.3 Å². The molecule has 1 saturated carbocycles. The topological polar surface area (TPSA) is 76.7 Å². The van der Waals surface area contributed by atoms with Crippen LogP contribution in [0.1, 0.15) is 49.9 Å². The number of hydrogen-bond acceptors (Lipinski definition) is 4. The average Bonchev–Trinajstić information content (AvgIpc) is 2.60. The first-order chi connectivity index (χ1) is 12.1. The molecule has 1 aliphatic heterocycles. The molecule has 0 bridgehead atoms. The van der Waals surface area contributed by atoms with Crippen LogP contribution in [-0.2, 0) is 9.53 Å². The fourth-order valence-corrected chi connectivity index (χ4v) is 3.41. The lowest BCUT2D eigenvalue weighted by molar-refractivity contribution is -0.122. The summed E-state index contributed by atoms with van der Waals surface area (Å²) in [5.41, 5.74) is 0.957. The monoisotopic (exact) mass is 346 g/mol. The molecule has 2 N–H and O–H groups in total. The van der Waals surface area contributed by atoms with Crippen LogP contribution < -0.4 is 15.4 Å². The molecule has 0 saturated heterocycles. The van der Waals surface area contributed by atoms with Crippen molar-refractivity contribution in [2.75, 3.05) is 18.5 Å². The van der Waals surface area contributed by atoms with Crippen LogP contribution in [0.4, 0.5) is 5.69 Å². The standard InChI is InChI=1S/C19H26N2O4/c1-12-6-3-4-9-16(12)24-11-10-20-19(23)14-7-5-8-15-17(14)25-13(2)18(22)21-15/h5,7-8,12-13,16H,3-4,6,9-11H2,1-2H3,(H,20,23)(H,21,22)/t12-,13-,16+/m0/s1. The Morgan fingerprint density at radius 3 is 2.92 bits per heavy atom. The molecule has 6 heteroatoms. The van der Waals surface area contributed by atoms with E-state index in [2.05, 4.69) is 17.6 Å². The minimum atomic E-state index is -0.613. The summed E-state index contributed by atoms with van der Waals surface area (Å²) in [7, 11) is 0. The van der Waals surface area contributed by atoms with Crippen LogP contribution in [0.25, 0.3) is 0 Å². The van der Waals surface area contributed by atoms with Crippen LogP contribution in [0.2, 0.25) is 0 Å². The van der Waals surface area contributed by atoms with Crippen molar-refractivity contribution >= 4 is 17.5 Å². The molecule has 6 nitrogen and oxygen atoms in total. The third-order valence-electron chi connectivity index (χ3n) is 4.93. The quantitative estimate of drug-likeness (QED) is 0.804. The van der Waals surface area contributed by atoms with E-state index < -0.39 is 6.10 Å². The number of anilines is 1. The molecule has 136 valence electrons. The van der Waals surface area contributed by atoms with Crippen molar-refractivity contribution in [1.29, 1.82) is 0 Å². The van der Waals surface area contributed by atoms with E-state index in [0.717, 1.165) is 6.42 Å². The second-order valence-electron chi connectivity index (χ2n) is 6.86. The van der Waals surface area contributed by atoms with Gasteiger partial charge in [-0.05, 0) is 37.8 Å². The predicted octanol–water partition coefficient (Wildman–Crippen LogP) is 2.73. The van der Waals surface area contributed by atoms with Crippen molar-refractivity contribution in [3.05, 3.63) is 23.8 Å². The normalized spacial score (nSPS) is 25.5. The maximum Gasteiger partial charge on any atom is 0.265 e. The molecule has 1 aromatic rings. The second-order valence-corrected chi connectivity index (χ2v) is 6.86. The number of nitrogens with one attached hydrogen (secondary N) is 2. The number of carbonyl (C=O) groups is 2. The molecule has 1 aromatic carbocycles. The SMILES string of the molecule is C[C@@H]1Oc2c(cccc2C(=O)NCCO[C@@H]2CCCC[C@@H]2C)NC1=O. The molecule has 0 aromatic heterocycles. The summed E-state index contributed by atoms with van der Waals surface area (Å²) < 4.78 is 11.5. The van der Waals surface area contributed by atoms with Crippen LogP contribution >= 0.6 is 0 Å². The molecule has 3 atom stereocenters. The van der Waals surface area contributed by atoms with Crippen LogP contribution in [0.3, 0.4) is 0 Å². The number of hydrogen-bond donors (Lipinski definition) is 2. The van der Waals surface area contributed by atoms with Crippen LogP contribution in [0.15, 0.2) is 18.2 Å². The largest absolute Gasteiger partial charge is 0.478 e. The smallest absolute Gasteiger partial charge is 0.265 e. The molecule has 1 aliphatic carbocycles. The van der Waals surface area contributed by atoms with Crippen molar-refractivity contribution in [3.8, 4) is 5.75 Å². The summed E-state index contributed by atoms with van der Waals surface area (Å²) >= 11 is 0. The van der Waals surface area contributed by atoms with Gasteiger partial charge in [0.15, 0.2) is 11.9 Å². The first kappa shape index (κ1) is 17.7. The summed E-state index contributed by atoms with van der Waals surface area (Å²) in [6, 6.07) is 5.15. The minimum absolute atomic E-state index is 0.208. The van der Waals surface area contributed by atoms with E-state index in [4.69, 9.17) is 9.47 Å². The number of fused-ring (bicyclic) bond motifs is 1. The van der Waals surface area contributed by atoms with Crippen molar-refractivity contribution in [1.82, 2.24) is 5.32 Å². The molecule has 2 amide bonds. The zero-order valence-electron chi connectivity index (χ0n) is 14.8. The van der Waals surface area contributed by atoms with Gasteiger partial charge in [-0.15, -0.1) is 0 Å². The Balaban J connectivity index is 1.54. The number of ether oxygens (including phenoxy) is 2. The van der Waals surface area contributed by atoms with Gasteiger partial charge in [0, 0.05) is 6.54 Å². The molecule has 0 spiro atoms. The lowest BCUT2D eigenvalue weighted by atomic mass is 9.88. The van der Waals surface area contributed by atoms with E-state index in [1.807, 2.05) is 0 Å². The first-order valence-corrected chi connectivity index (χ1v) is 9.06. The molecule has 25 heavy (non-hydrogen) atoms. The number of carbonyl (C=O) groups excluding carboxylic acids is 2. The molecular weight excluding hydrogens is 320 g/mol. The van der Waals surface area contributed by atoms with Gasteiger partial charge in [-0.2, -0.15) is 0 Å². The van der Waals surface area contributed by atoms with Gasteiger partial charge in [-0.25, -0.2) is 0 Å². The molecule has 2 aliphatic rings. The van der Waals surface area contributed by atoms with Gasteiger partial charge in [-0.3, -0.25) is 9.59 Å². The lowest BCUT2D eigenvalue weighted by Crippen LogP contribution is -2.36. The average molecular weight is 346 g/mol. The van der Waals surface area contributed by atoms with E-state index >= 15 is 0 Å². The molecule has 3 rings (SSSR count). The Bertz CT molecular complexity index is 646. The third-order valence-corrected chi connectivity index (χ3v) is 4.93. The fourth-order valence-electron chi connectivity index (χ4n) is 3.41. The highest BCUT2D eigenvalue weighted by Gasteiger charge is 2.27. The highest BCUT2D eigenvalue weighted by molar-refractivity contribution is 6.03. The Kier molecular flexibility index (Phi) is 5.58. The Morgan fingerprint density at radius 1 is 1.32 bits per heavy atom. The van der Waals surface area contributed by atoms with Crippen LogP contribution in [0.5, 0.6) is 5.75 Å². The minimum Gasteiger partial charge on any atom is -0.478 e. The number of benzene rings is 1. The maximum atomic E-state index is 12.5. The van der Waals surface area contributed by atoms with Crippen LogP contribution in [-0.4, -0.2) is 37.2 Å². The number of para-hydroxylation sites is 1. The van der Waals surface area contributed by atoms with Crippen molar-refractivity contribution in [2.45, 2.75) is 51.7 Å². The summed E-state index contributed by atoms with van der Waals surface area (Å²) in [6.45, 7) is 4.84. The Morgan fingerprint density at radius 2 is 2.12 bits per heavy atom. The summed E-state index contributed by atoms with van der Waals surface area (Å²) in [4.78, 5) is 24.1. The van der Waals surface area contributed by atoms with E-state index in [1.54, 1.807) is 25.1 Å². The molecule has 0 unspecified atom stereocenters. The summed E-state index contributed by atoms with van der Waals surface area (Å²) in [6.07, 6.45) is 4.51. The summed E-state index contributed by atoms with van der Waals surface area (Å²) in [5.74, 6) is 0.582. The highest BCUT2D eigenvalue weighted by Crippen LogP contribution is 2.33. The van der Waals surface area contributed by atoms with E-state index in [9.17, 15) is 9.59 Å². The van der Waals surface area contributed by atoms with Crippen molar-refractivity contribution < 1.29 is 19.1 Å². The van der Waals surface area contributed by atoms with Crippen molar-refractivity contribution in [2.24, 2.45) is 5.92 Å². The van der Waals surface area contributed by atoms with Gasteiger partial charge in [0.1, 0.15) is 0 Å². The highest BCUT2D eigenvalue weighted by atomic mass is 16.5. The number of amides is 2. The van der Waals surface area contributed by atoms with Crippen molar-refractivity contribution in [3.63, 3.8) is 0 Å². The fraction of sp³-hybridized carbons (Fsp3) is 0.579. The number of rotatable bonds is 5. The zero-order valence-corrected chi connectivity index (χ0v) is 14.8. The predicted molar refractivity (Wildman–Crippen MR) is 94.9 cm³/mol. The lowest BCUT2D eigenvalue weighted by Gasteiger charge is -2.28. The molecule has 0 radical (unpaired) electrons. The molecular formula is C19H26N2O4.